The molecule has 17 heavy (non-hydrogen) atoms. The highest BCUT2D eigenvalue weighted by Gasteiger charge is 2.08. The summed E-state index contributed by atoms with van der Waals surface area (Å²) in [5, 5.41) is 0.716. The lowest BCUT2D eigenvalue weighted by Gasteiger charge is -2.07. The lowest BCUT2D eigenvalue weighted by molar-refractivity contribution is 1.07. The summed E-state index contributed by atoms with van der Waals surface area (Å²) < 4.78 is 1.59. The van der Waals surface area contributed by atoms with E-state index in [2.05, 4.69) is 4.98 Å². The molecule has 2 heterocycles. The Morgan fingerprint density at radius 3 is 2.65 bits per heavy atom. The molecule has 3 heteroatoms. The van der Waals surface area contributed by atoms with Gasteiger partial charge < -0.3 is 0 Å². The van der Waals surface area contributed by atoms with E-state index in [1.165, 1.54) is 0 Å². The first-order chi connectivity index (χ1) is 8.18. The molecule has 0 aliphatic heterocycles. The highest BCUT2D eigenvalue weighted by Crippen LogP contribution is 2.17. The van der Waals surface area contributed by atoms with Gasteiger partial charge in [0.05, 0.1) is 10.9 Å². The topological polar surface area (TPSA) is 34.4 Å². The highest BCUT2D eigenvalue weighted by atomic mass is 16.1. The van der Waals surface area contributed by atoms with Crippen LogP contribution in [-0.4, -0.2) is 9.38 Å². The van der Waals surface area contributed by atoms with Gasteiger partial charge in [0.1, 0.15) is 5.65 Å². The highest BCUT2D eigenvalue weighted by molar-refractivity contribution is 5.85. The van der Waals surface area contributed by atoms with E-state index in [1.807, 2.05) is 44.2 Å². The van der Waals surface area contributed by atoms with Crippen LogP contribution >= 0.6 is 0 Å². The van der Waals surface area contributed by atoms with Crippen molar-refractivity contribution in [3.05, 3.63) is 58.0 Å². The van der Waals surface area contributed by atoms with Gasteiger partial charge in [-0.2, -0.15) is 0 Å². The number of nitrogens with zero attached hydrogens (tertiary/aromatic N) is 2. The van der Waals surface area contributed by atoms with Crippen LogP contribution in [0.25, 0.3) is 16.6 Å². The molecule has 0 spiro atoms. The van der Waals surface area contributed by atoms with Crippen LogP contribution in [0.5, 0.6) is 0 Å². The fraction of sp³-hybridized carbons (Fsp3) is 0.143. The van der Waals surface area contributed by atoms with Gasteiger partial charge in [-0.15, -0.1) is 0 Å². The summed E-state index contributed by atoms with van der Waals surface area (Å²) in [6.07, 6.45) is 1.76. The maximum Gasteiger partial charge on any atom is 0.266 e. The second-order valence-corrected chi connectivity index (χ2v) is 4.27. The number of benzene rings is 1. The fourth-order valence-corrected chi connectivity index (χ4v) is 2.14. The smallest absolute Gasteiger partial charge is 0.266 e. The van der Waals surface area contributed by atoms with Gasteiger partial charge in [0, 0.05) is 6.20 Å². The zero-order chi connectivity index (χ0) is 12.0. The van der Waals surface area contributed by atoms with Gasteiger partial charge in [-0.1, -0.05) is 18.2 Å². The first-order valence-electron chi connectivity index (χ1n) is 5.56. The molecule has 0 aliphatic rings. The molecule has 0 fully saturated rings. The maximum absolute atomic E-state index is 12.4. The van der Waals surface area contributed by atoms with E-state index in [0.717, 1.165) is 16.6 Å². The third kappa shape index (κ3) is 1.35. The first kappa shape index (κ1) is 10.0. The average molecular weight is 224 g/mol. The van der Waals surface area contributed by atoms with E-state index in [-0.39, 0.29) is 5.56 Å². The minimum Gasteiger partial charge on any atom is -0.268 e. The van der Waals surface area contributed by atoms with Gasteiger partial charge >= 0.3 is 0 Å². The molecule has 3 nitrogen and oxygen atoms in total. The number of rotatable bonds is 0. The standard InChI is InChI=1S/C14H12N2O/c1-9-6-7-10(2)13-12(9)14(17)16-8-4-3-5-11(16)15-13/h3-8H,1-2H3. The van der Waals surface area contributed by atoms with Crippen molar-refractivity contribution in [2.24, 2.45) is 0 Å². The summed E-state index contributed by atoms with van der Waals surface area (Å²) in [7, 11) is 0. The summed E-state index contributed by atoms with van der Waals surface area (Å²) in [4.78, 5) is 16.9. The van der Waals surface area contributed by atoms with Crippen LogP contribution in [0, 0.1) is 13.8 Å². The summed E-state index contributed by atoms with van der Waals surface area (Å²) >= 11 is 0. The molecular formula is C14H12N2O. The van der Waals surface area contributed by atoms with Crippen LogP contribution in [0.4, 0.5) is 0 Å². The van der Waals surface area contributed by atoms with Crippen LogP contribution < -0.4 is 5.56 Å². The summed E-state index contributed by atoms with van der Waals surface area (Å²) in [5.74, 6) is 0. The molecule has 3 aromatic rings. The van der Waals surface area contributed by atoms with E-state index in [1.54, 1.807) is 10.6 Å². The molecule has 0 N–H and O–H groups in total. The van der Waals surface area contributed by atoms with Crippen molar-refractivity contribution in [3.8, 4) is 0 Å². The molecule has 2 aromatic heterocycles. The zero-order valence-electron chi connectivity index (χ0n) is 9.77. The van der Waals surface area contributed by atoms with Crippen LogP contribution in [0.3, 0.4) is 0 Å². The Hall–Kier alpha value is -2.16. The Morgan fingerprint density at radius 2 is 1.82 bits per heavy atom. The van der Waals surface area contributed by atoms with Crippen molar-refractivity contribution in [2.45, 2.75) is 13.8 Å². The molecule has 84 valence electrons. The van der Waals surface area contributed by atoms with Crippen molar-refractivity contribution in [3.63, 3.8) is 0 Å². The van der Waals surface area contributed by atoms with E-state index in [4.69, 9.17) is 0 Å². The monoisotopic (exact) mass is 224 g/mol. The average Bonchev–Trinajstić information content (AvgIpc) is 2.34. The number of hydrogen-bond acceptors (Lipinski definition) is 2. The molecule has 0 aliphatic carbocycles. The van der Waals surface area contributed by atoms with Crippen molar-refractivity contribution in [1.82, 2.24) is 9.38 Å². The van der Waals surface area contributed by atoms with Gasteiger partial charge in [0.2, 0.25) is 0 Å². The molecule has 3 rings (SSSR count). The number of aromatic nitrogens is 2. The number of pyridine rings is 1. The van der Waals surface area contributed by atoms with Crippen LogP contribution in [0.1, 0.15) is 11.1 Å². The van der Waals surface area contributed by atoms with Crippen LogP contribution in [0.15, 0.2) is 41.3 Å². The van der Waals surface area contributed by atoms with Gasteiger partial charge in [-0.3, -0.25) is 9.20 Å². The molecule has 0 saturated carbocycles. The second-order valence-electron chi connectivity index (χ2n) is 4.27. The van der Waals surface area contributed by atoms with Crippen molar-refractivity contribution >= 4 is 16.6 Å². The summed E-state index contributed by atoms with van der Waals surface area (Å²) in [6.45, 7) is 3.92. The molecule has 1 aromatic carbocycles. The third-order valence-electron chi connectivity index (χ3n) is 3.09. The number of aryl methyl sites for hydroxylation is 2. The molecule has 0 radical (unpaired) electrons. The Kier molecular flexibility index (Phi) is 2.01. The fourth-order valence-electron chi connectivity index (χ4n) is 2.14. The Morgan fingerprint density at radius 1 is 1.06 bits per heavy atom. The predicted molar refractivity (Wildman–Crippen MR) is 68.4 cm³/mol. The SMILES string of the molecule is Cc1ccc(C)c2c(=O)n3ccccc3nc12. The summed E-state index contributed by atoms with van der Waals surface area (Å²) in [5.41, 5.74) is 3.52. The van der Waals surface area contributed by atoms with Crippen LogP contribution in [-0.2, 0) is 0 Å². The normalized spacial score (nSPS) is 11.2. The van der Waals surface area contributed by atoms with Crippen molar-refractivity contribution in [1.29, 1.82) is 0 Å². The van der Waals surface area contributed by atoms with E-state index >= 15 is 0 Å². The molecular weight excluding hydrogens is 212 g/mol. The van der Waals surface area contributed by atoms with Gasteiger partial charge in [-0.25, -0.2) is 4.98 Å². The zero-order valence-corrected chi connectivity index (χ0v) is 9.77. The number of hydrogen-bond donors (Lipinski definition) is 0. The Balaban J connectivity index is 2.69. The summed E-state index contributed by atoms with van der Waals surface area (Å²) in [6, 6.07) is 9.55. The minimum atomic E-state index is 0.00630. The van der Waals surface area contributed by atoms with Gasteiger partial charge in [0.25, 0.3) is 5.56 Å². The predicted octanol–water partition coefficient (Wildman–Crippen LogP) is 2.46. The van der Waals surface area contributed by atoms with Crippen molar-refractivity contribution < 1.29 is 0 Å². The second kappa shape index (κ2) is 3.42. The maximum atomic E-state index is 12.4. The molecule has 0 atom stereocenters. The van der Waals surface area contributed by atoms with E-state index in [9.17, 15) is 4.79 Å². The van der Waals surface area contributed by atoms with Gasteiger partial charge in [-0.05, 0) is 37.1 Å². The molecule has 0 saturated heterocycles. The third-order valence-corrected chi connectivity index (χ3v) is 3.09. The van der Waals surface area contributed by atoms with E-state index < -0.39 is 0 Å². The number of fused-ring (bicyclic) bond motifs is 2. The Labute approximate surface area is 98.4 Å². The van der Waals surface area contributed by atoms with Gasteiger partial charge in [0.15, 0.2) is 0 Å². The lowest BCUT2D eigenvalue weighted by atomic mass is 10.1. The molecule has 0 bridgehead atoms. The van der Waals surface area contributed by atoms with Crippen molar-refractivity contribution in [2.75, 3.05) is 0 Å². The van der Waals surface area contributed by atoms with Crippen LogP contribution in [0.2, 0.25) is 0 Å². The first-order valence-corrected chi connectivity index (χ1v) is 5.56. The Bertz CT molecular complexity index is 787. The van der Waals surface area contributed by atoms with E-state index in [0.29, 0.717) is 11.0 Å². The molecule has 0 amide bonds. The molecule has 0 unspecified atom stereocenters. The largest absolute Gasteiger partial charge is 0.268 e. The quantitative estimate of drug-likeness (QED) is 0.550. The lowest BCUT2D eigenvalue weighted by Crippen LogP contribution is -2.16. The minimum absolute atomic E-state index is 0.00630.